The molecule has 2 heterocycles. The van der Waals surface area contributed by atoms with Crippen LogP contribution in [0.15, 0.2) is 15.7 Å². The van der Waals surface area contributed by atoms with Gasteiger partial charge in [-0.3, -0.25) is 10.1 Å². The first-order chi connectivity index (χ1) is 8.61. The normalized spacial score (nSPS) is 10.3. The maximum absolute atomic E-state index is 11.0. The molecule has 1 N–H and O–H groups in total. The van der Waals surface area contributed by atoms with Crippen LogP contribution in [0.5, 0.6) is 0 Å². The molecule has 0 amide bonds. The number of aromatic nitrogens is 4. The van der Waals surface area contributed by atoms with E-state index in [1.165, 1.54) is 17.7 Å². The minimum atomic E-state index is -0.512. The summed E-state index contributed by atoms with van der Waals surface area (Å²) >= 11 is 2.46. The molecule has 0 bridgehead atoms. The quantitative estimate of drug-likeness (QED) is 0.514. The Morgan fingerprint density at radius 1 is 1.44 bits per heavy atom. The van der Waals surface area contributed by atoms with E-state index in [1.807, 2.05) is 6.92 Å². The Kier molecular flexibility index (Phi) is 3.67. The average Bonchev–Trinajstić information content (AvgIpc) is 2.74. The van der Waals surface area contributed by atoms with Crippen molar-refractivity contribution in [1.29, 1.82) is 0 Å². The second kappa shape index (κ2) is 5.23. The Bertz CT molecular complexity index is 587. The lowest BCUT2D eigenvalue weighted by molar-refractivity contribution is -0.387. The van der Waals surface area contributed by atoms with Gasteiger partial charge in [0.1, 0.15) is 11.3 Å². The molecule has 0 aliphatic carbocycles. The molecule has 2 aromatic rings. The minimum absolute atomic E-state index is 0.155. The van der Waals surface area contributed by atoms with E-state index in [9.17, 15) is 10.1 Å². The van der Waals surface area contributed by atoms with Crippen molar-refractivity contribution >= 4 is 34.6 Å². The van der Waals surface area contributed by atoms with Gasteiger partial charge in [-0.05, 0) is 18.7 Å². The van der Waals surface area contributed by atoms with E-state index in [2.05, 4.69) is 25.5 Å². The van der Waals surface area contributed by atoms with Gasteiger partial charge in [0.15, 0.2) is 9.37 Å². The van der Waals surface area contributed by atoms with E-state index in [0.29, 0.717) is 4.34 Å². The SMILES string of the molecule is CNc1ncnc(Sc2nnc(C)s2)c1[N+](=O)[O-]. The number of nitrogens with one attached hydrogen (secondary N) is 1. The lowest BCUT2D eigenvalue weighted by Gasteiger charge is -2.03. The first-order valence-electron chi connectivity index (χ1n) is 4.77. The third-order valence-electron chi connectivity index (χ3n) is 1.90. The van der Waals surface area contributed by atoms with Gasteiger partial charge in [0.05, 0.1) is 4.92 Å². The van der Waals surface area contributed by atoms with Crippen LogP contribution in [0.1, 0.15) is 5.01 Å². The van der Waals surface area contributed by atoms with E-state index in [0.717, 1.165) is 16.8 Å². The molecular weight excluding hydrogens is 276 g/mol. The molecule has 0 fully saturated rings. The van der Waals surface area contributed by atoms with Crippen LogP contribution in [0.2, 0.25) is 0 Å². The molecule has 0 unspecified atom stereocenters. The Labute approximate surface area is 110 Å². The largest absolute Gasteiger partial charge is 0.367 e. The van der Waals surface area contributed by atoms with E-state index in [4.69, 9.17) is 0 Å². The van der Waals surface area contributed by atoms with Gasteiger partial charge >= 0.3 is 5.69 Å². The van der Waals surface area contributed by atoms with Gasteiger partial charge in [-0.25, -0.2) is 9.97 Å². The fraction of sp³-hybridized carbons (Fsp3) is 0.250. The van der Waals surface area contributed by atoms with Crippen molar-refractivity contribution in [3.05, 3.63) is 21.4 Å². The Hall–Kier alpha value is -1.81. The molecule has 8 nitrogen and oxygen atoms in total. The van der Waals surface area contributed by atoms with Crippen LogP contribution in [0, 0.1) is 17.0 Å². The molecule has 94 valence electrons. The van der Waals surface area contributed by atoms with Gasteiger partial charge in [-0.1, -0.05) is 11.3 Å². The summed E-state index contributed by atoms with van der Waals surface area (Å²) in [6, 6.07) is 0. The Morgan fingerprint density at radius 2 is 2.22 bits per heavy atom. The molecule has 0 saturated carbocycles. The predicted octanol–water partition coefficient (Wildman–Crippen LogP) is 1.74. The van der Waals surface area contributed by atoms with Crippen molar-refractivity contribution in [2.45, 2.75) is 16.3 Å². The van der Waals surface area contributed by atoms with E-state index >= 15 is 0 Å². The summed E-state index contributed by atoms with van der Waals surface area (Å²) in [6.45, 7) is 1.81. The molecule has 0 aliphatic rings. The summed E-state index contributed by atoms with van der Waals surface area (Å²) in [5.41, 5.74) is -0.155. The van der Waals surface area contributed by atoms with Crippen molar-refractivity contribution in [3.8, 4) is 0 Å². The summed E-state index contributed by atoms with van der Waals surface area (Å²) < 4.78 is 0.608. The highest BCUT2D eigenvalue weighted by atomic mass is 32.2. The number of nitrogens with zero attached hydrogens (tertiary/aromatic N) is 5. The zero-order chi connectivity index (χ0) is 13.1. The van der Waals surface area contributed by atoms with Crippen LogP contribution in [0.4, 0.5) is 11.5 Å². The molecule has 0 saturated heterocycles. The highest BCUT2D eigenvalue weighted by Gasteiger charge is 2.23. The second-order valence-corrected chi connectivity index (χ2v) is 5.49. The van der Waals surface area contributed by atoms with Gasteiger partial charge < -0.3 is 5.32 Å². The minimum Gasteiger partial charge on any atom is -0.367 e. The summed E-state index contributed by atoms with van der Waals surface area (Å²) in [5.74, 6) is 0.179. The fourth-order valence-corrected chi connectivity index (χ4v) is 2.98. The average molecular weight is 284 g/mol. The van der Waals surface area contributed by atoms with Crippen LogP contribution in [-0.2, 0) is 0 Å². The highest BCUT2D eigenvalue weighted by Crippen LogP contribution is 2.37. The van der Waals surface area contributed by atoms with E-state index in [1.54, 1.807) is 7.05 Å². The molecule has 0 aromatic carbocycles. The van der Waals surface area contributed by atoms with Crippen molar-refractivity contribution in [1.82, 2.24) is 20.2 Å². The van der Waals surface area contributed by atoms with Gasteiger partial charge in [-0.2, -0.15) is 0 Å². The summed E-state index contributed by atoms with van der Waals surface area (Å²) in [5, 5.41) is 22.5. The molecule has 0 atom stereocenters. The summed E-state index contributed by atoms with van der Waals surface area (Å²) in [4.78, 5) is 18.3. The number of hydrogen-bond acceptors (Lipinski definition) is 9. The monoisotopic (exact) mass is 284 g/mol. The Balaban J connectivity index is 2.41. The number of nitro groups is 1. The van der Waals surface area contributed by atoms with Crippen molar-refractivity contribution in [2.75, 3.05) is 12.4 Å². The van der Waals surface area contributed by atoms with Crippen LogP contribution in [0.3, 0.4) is 0 Å². The smallest absolute Gasteiger partial charge is 0.343 e. The first kappa shape index (κ1) is 12.6. The molecule has 0 aliphatic heterocycles. The van der Waals surface area contributed by atoms with Gasteiger partial charge in [-0.15, -0.1) is 10.2 Å². The Morgan fingerprint density at radius 3 is 2.78 bits per heavy atom. The molecule has 0 radical (unpaired) electrons. The first-order valence-corrected chi connectivity index (χ1v) is 6.40. The molecule has 2 rings (SSSR count). The fourth-order valence-electron chi connectivity index (χ4n) is 1.19. The maximum Gasteiger partial charge on any atom is 0.343 e. The molecule has 0 spiro atoms. The summed E-state index contributed by atoms with van der Waals surface area (Å²) in [7, 11) is 1.57. The van der Waals surface area contributed by atoms with E-state index < -0.39 is 4.92 Å². The van der Waals surface area contributed by atoms with Gasteiger partial charge in [0, 0.05) is 7.05 Å². The van der Waals surface area contributed by atoms with Crippen molar-refractivity contribution in [2.24, 2.45) is 0 Å². The van der Waals surface area contributed by atoms with Gasteiger partial charge in [0.25, 0.3) is 0 Å². The maximum atomic E-state index is 11.0. The van der Waals surface area contributed by atoms with Gasteiger partial charge in [0.2, 0.25) is 5.82 Å². The third-order valence-corrected chi connectivity index (χ3v) is 3.78. The van der Waals surface area contributed by atoms with Crippen LogP contribution < -0.4 is 5.32 Å². The van der Waals surface area contributed by atoms with Crippen molar-refractivity contribution < 1.29 is 4.92 Å². The number of hydrogen-bond donors (Lipinski definition) is 1. The second-order valence-electron chi connectivity index (χ2n) is 3.07. The van der Waals surface area contributed by atoms with Crippen LogP contribution >= 0.6 is 23.1 Å². The van der Waals surface area contributed by atoms with Crippen LogP contribution in [0.25, 0.3) is 0 Å². The lowest BCUT2D eigenvalue weighted by Crippen LogP contribution is -2.02. The van der Waals surface area contributed by atoms with Crippen molar-refractivity contribution in [3.63, 3.8) is 0 Å². The standard InChI is InChI=1S/C8H8N6O2S2/c1-4-12-13-8(17-4)18-7-5(14(15)16)6(9-2)10-3-11-7/h3H,1-2H3,(H,9,10,11). The molecule has 2 aromatic heterocycles. The lowest BCUT2D eigenvalue weighted by atomic mass is 10.5. The van der Waals surface area contributed by atoms with E-state index in [-0.39, 0.29) is 16.5 Å². The zero-order valence-electron chi connectivity index (χ0n) is 9.45. The molecule has 10 heteroatoms. The third kappa shape index (κ3) is 2.54. The highest BCUT2D eigenvalue weighted by molar-refractivity contribution is 8.01. The zero-order valence-corrected chi connectivity index (χ0v) is 11.1. The summed E-state index contributed by atoms with van der Waals surface area (Å²) in [6.07, 6.45) is 1.27. The van der Waals surface area contributed by atoms with Crippen LogP contribution in [-0.4, -0.2) is 32.1 Å². The predicted molar refractivity (Wildman–Crippen MR) is 67.0 cm³/mol. The number of aryl methyl sites for hydroxylation is 1. The number of anilines is 1. The number of rotatable bonds is 4. The molecule has 18 heavy (non-hydrogen) atoms. The molecular formula is C8H8N6O2S2. The topological polar surface area (TPSA) is 107 Å².